The van der Waals surface area contributed by atoms with Crippen molar-refractivity contribution < 1.29 is 19.1 Å². The first-order valence-electron chi connectivity index (χ1n) is 11.1. The number of aromatic amines is 1. The summed E-state index contributed by atoms with van der Waals surface area (Å²) in [6.07, 6.45) is 1.42. The summed E-state index contributed by atoms with van der Waals surface area (Å²) in [4.78, 5) is 32.8. The number of aromatic hydroxyl groups is 1. The van der Waals surface area contributed by atoms with Crippen LogP contribution in [-0.4, -0.2) is 34.6 Å². The van der Waals surface area contributed by atoms with Crippen molar-refractivity contribution in [1.82, 2.24) is 15.3 Å². The Morgan fingerprint density at radius 1 is 1.21 bits per heavy atom. The maximum Gasteiger partial charge on any atom is 0.227 e. The zero-order valence-electron chi connectivity index (χ0n) is 19.1. The summed E-state index contributed by atoms with van der Waals surface area (Å²) in [5, 5.41) is 13.3. The van der Waals surface area contributed by atoms with Crippen LogP contribution in [0, 0.1) is 6.92 Å². The van der Waals surface area contributed by atoms with E-state index in [-0.39, 0.29) is 18.1 Å². The number of hydrogen-bond acceptors (Lipinski definition) is 6. The average molecular weight is 462 g/mol. The Balaban J connectivity index is 1.43. The molecule has 1 amide bonds. The van der Waals surface area contributed by atoms with E-state index in [1.54, 1.807) is 38.3 Å². The largest absolute Gasteiger partial charge is 0.502 e. The van der Waals surface area contributed by atoms with Crippen molar-refractivity contribution in [2.24, 2.45) is 0 Å². The lowest BCUT2D eigenvalue weighted by molar-refractivity contribution is -0.121. The van der Waals surface area contributed by atoms with Gasteiger partial charge in [-0.15, -0.1) is 0 Å². The van der Waals surface area contributed by atoms with Gasteiger partial charge in [-0.05, 0) is 43.2 Å². The normalized spacial score (nSPS) is 11.9. The van der Waals surface area contributed by atoms with Gasteiger partial charge in [0.15, 0.2) is 5.76 Å². The first-order valence-corrected chi connectivity index (χ1v) is 11.1. The van der Waals surface area contributed by atoms with Crippen LogP contribution in [0.15, 0.2) is 63.8 Å². The second-order valence-corrected chi connectivity index (χ2v) is 8.12. The number of imidazole rings is 1. The molecule has 8 nitrogen and oxygen atoms in total. The van der Waals surface area contributed by atoms with E-state index in [1.807, 2.05) is 24.3 Å². The van der Waals surface area contributed by atoms with Gasteiger partial charge in [0.05, 0.1) is 24.1 Å². The predicted molar refractivity (Wildman–Crippen MR) is 128 cm³/mol. The SMILES string of the molecule is COc1ccc(C(CC(=O)NCCCc2nc3ccccc3[nH]2)c2oc(C)cc(=O)c2O)cc1. The minimum atomic E-state index is -0.631. The molecule has 4 rings (SSSR count). The Morgan fingerprint density at radius 3 is 2.71 bits per heavy atom. The number of carbonyl (C=O) groups is 1. The van der Waals surface area contributed by atoms with Crippen LogP contribution in [0.5, 0.6) is 11.5 Å². The number of rotatable bonds is 9. The number of benzene rings is 2. The molecule has 34 heavy (non-hydrogen) atoms. The van der Waals surface area contributed by atoms with Crippen molar-refractivity contribution in [3.8, 4) is 11.5 Å². The van der Waals surface area contributed by atoms with Crippen molar-refractivity contribution in [2.75, 3.05) is 13.7 Å². The van der Waals surface area contributed by atoms with Gasteiger partial charge < -0.3 is 24.6 Å². The zero-order valence-corrected chi connectivity index (χ0v) is 19.1. The number of ether oxygens (including phenoxy) is 1. The van der Waals surface area contributed by atoms with Gasteiger partial charge in [0.25, 0.3) is 0 Å². The van der Waals surface area contributed by atoms with E-state index < -0.39 is 17.1 Å². The Kier molecular flexibility index (Phi) is 6.96. The van der Waals surface area contributed by atoms with Crippen molar-refractivity contribution >= 4 is 16.9 Å². The third kappa shape index (κ3) is 5.28. The highest BCUT2D eigenvalue weighted by atomic mass is 16.5. The smallest absolute Gasteiger partial charge is 0.227 e. The van der Waals surface area contributed by atoms with Crippen molar-refractivity contribution in [3.05, 3.63) is 87.7 Å². The van der Waals surface area contributed by atoms with Gasteiger partial charge >= 0.3 is 0 Å². The van der Waals surface area contributed by atoms with E-state index in [4.69, 9.17) is 9.15 Å². The number of H-pyrrole nitrogens is 1. The predicted octanol–water partition coefficient (Wildman–Crippen LogP) is 3.81. The summed E-state index contributed by atoms with van der Waals surface area (Å²) >= 11 is 0. The van der Waals surface area contributed by atoms with Gasteiger partial charge in [0.2, 0.25) is 17.1 Å². The average Bonchev–Trinajstić information content (AvgIpc) is 3.26. The van der Waals surface area contributed by atoms with E-state index in [9.17, 15) is 14.7 Å². The molecule has 0 spiro atoms. The third-order valence-electron chi connectivity index (χ3n) is 5.65. The molecule has 176 valence electrons. The van der Waals surface area contributed by atoms with E-state index in [0.29, 0.717) is 30.9 Å². The number of fused-ring (bicyclic) bond motifs is 1. The first kappa shape index (κ1) is 23.1. The molecule has 0 aliphatic carbocycles. The number of amides is 1. The summed E-state index contributed by atoms with van der Waals surface area (Å²) < 4.78 is 10.9. The summed E-state index contributed by atoms with van der Waals surface area (Å²) in [5.41, 5.74) is 2.09. The van der Waals surface area contributed by atoms with Crippen molar-refractivity contribution in [1.29, 1.82) is 0 Å². The van der Waals surface area contributed by atoms with Crippen LogP contribution in [-0.2, 0) is 11.2 Å². The van der Waals surface area contributed by atoms with Crippen molar-refractivity contribution in [2.45, 2.75) is 32.1 Å². The quantitative estimate of drug-likeness (QED) is 0.326. The highest BCUT2D eigenvalue weighted by molar-refractivity contribution is 5.77. The van der Waals surface area contributed by atoms with Gasteiger partial charge in [-0.2, -0.15) is 0 Å². The maximum atomic E-state index is 12.8. The highest BCUT2D eigenvalue weighted by Crippen LogP contribution is 2.33. The molecule has 0 aliphatic heterocycles. The molecule has 1 atom stereocenters. The van der Waals surface area contributed by atoms with E-state index in [2.05, 4.69) is 15.3 Å². The molecule has 0 fully saturated rings. The molecule has 4 aromatic rings. The third-order valence-corrected chi connectivity index (χ3v) is 5.65. The molecule has 0 saturated carbocycles. The van der Waals surface area contributed by atoms with Crippen LogP contribution in [0.25, 0.3) is 11.0 Å². The van der Waals surface area contributed by atoms with Crippen LogP contribution in [0.1, 0.15) is 41.7 Å². The van der Waals surface area contributed by atoms with Gasteiger partial charge in [-0.1, -0.05) is 24.3 Å². The molecule has 3 N–H and O–H groups in total. The summed E-state index contributed by atoms with van der Waals surface area (Å²) in [6, 6.07) is 16.2. The van der Waals surface area contributed by atoms with E-state index in [1.165, 1.54) is 6.07 Å². The lowest BCUT2D eigenvalue weighted by Crippen LogP contribution is -2.27. The van der Waals surface area contributed by atoms with Crippen LogP contribution in [0.3, 0.4) is 0 Å². The summed E-state index contributed by atoms with van der Waals surface area (Å²) in [5.74, 6) is 0.646. The molecule has 2 heterocycles. The van der Waals surface area contributed by atoms with Crippen LogP contribution in [0.4, 0.5) is 0 Å². The highest BCUT2D eigenvalue weighted by Gasteiger charge is 2.25. The number of aryl methyl sites for hydroxylation is 2. The fourth-order valence-corrected chi connectivity index (χ4v) is 3.93. The number of nitrogens with one attached hydrogen (secondary N) is 2. The van der Waals surface area contributed by atoms with Crippen LogP contribution in [0.2, 0.25) is 0 Å². The monoisotopic (exact) mass is 461 g/mol. The summed E-state index contributed by atoms with van der Waals surface area (Å²) in [7, 11) is 1.57. The fraction of sp³-hybridized carbons (Fsp3) is 0.269. The standard InChI is InChI=1S/C26H27N3O5/c1-16-14-22(30)25(32)26(34-16)19(17-9-11-18(33-2)12-10-17)15-24(31)27-13-5-8-23-28-20-6-3-4-7-21(20)29-23/h3-4,6-7,9-12,14,19,32H,5,8,13,15H2,1-2H3,(H,27,31)(H,28,29). The number of hydrogen-bond donors (Lipinski definition) is 3. The second-order valence-electron chi connectivity index (χ2n) is 8.12. The number of aromatic nitrogens is 2. The summed E-state index contributed by atoms with van der Waals surface area (Å²) in [6.45, 7) is 2.10. The molecule has 2 aromatic heterocycles. The zero-order chi connectivity index (χ0) is 24.1. The lowest BCUT2D eigenvalue weighted by Gasteiger charge is -2.18. The van der Waals surface area contributed by atoms with Gasteiger partial charge in [-0.25, -0.2) is 4.98 Å². The molecule has 0 radical (unpaired) electrons. The molecule has 1 unspecified atom stereocenters. The second kappa shape index (κ2) is 10.2. The van der Waals surface area contributed by atoms with Crippen LogP contribution < -0.4 is 15.5 Å². The molecule has 0 bridgehead atoms. The fourth-order valence-electron chi connectivity index (χ4n) is 3.93. The Hall–Kier alpha value is -4.07. The molecular weight excluding hydrogens is 434 g/mol. The lowest BCUT2D eigenvalue weighted by atomic mass is 9.91. The minimum absolute atomic E-state index is 0.0108. The molecule has 0 aliphatic rings. The Labute approximate surface area is 196 Å². The van der Waals surface area contributed by atoms with Gasteiger partial charge in [-0.3, -0.25) is 9.59 Å². The number of nitrogens with zero attached hydrogens (tertiary/aromatic N) is 1. The maximum absolute atomic E-state index is 12.8. The van der Waals surface area contributed by atoms with E-state index in [0.717, 1.165) is 22.4 Å². The minimum Gasteiger partial charge on any atom is -0.502 e. The van der Waals surface area contributed by atoms with Crippen molar-refractivity contribution in [3.63, 3.8) is 0 Å². The molecule has 0 saturated heterocycles. The molecular formula is C26H27N3O5. The van der Waals surface area contributed by atoms with Gasteiger partial charge in [0.1, 0.15) is 17.3 Å². The van der Waals surface area contributed by atoms with E-state index >= 15 is 0 Å². The number of para-hydroxylation sites is 2. The first-order chi connectivity index (χ1) is 16.4. The Morgan fingerprint density at radius 2 is 1.97 bits per heavy atom. The molecule has 2 aromatic carbocycles. The topological polar surface area (TPSA) is 117 Å². The van der Waals surface area contributed by atoms with Crippen LogP contribution >= 0.6 is 0 Å². The van der Waals surface area contributed by atoms with Gasteiger partial charge in [0, 0.05) is 25.5 Å². The number of carbonyl (C=O) groups excluding carboxylic acids is 1. The Bertz CT molecular complexity index is 1310. The number of methoxy groups -OCH3 is 1. The molecule has 8 heteroatoms.